The van der Waals surface area contributed by atoms with E-state index >= 15 is 0 Å². The van der Waals surface area contributed by atoms with E-state index in [0.29, 0.717) is 42.7 Å². The summed E-state index contributed by atoms with van der Waals surface area (Å²) < 4.78 is 67.0. The third-order valence-electron chi connectivity index (χ3n) is 4.98. The second-order valence-corrected chi connectivity index (χ2v) is 9.20. The average molecular weight is 542 g/mol. The molecule has 0 amide bonds. The molecule has 166 valence electrons. The van der Waals surface area contributed by atoms with Gasteiger partial charge in [0.05, 0.1) is 12.1 Å². The minimum atomic E-state index is -5.23. The van der Waals surface area contributed by atoms with Crippen molar-refractivity contribution in [1.29, 1.82) is 0 Å². The number of ether oxygens (including phenoxy) is 1. The van der Waals surface area contributed by atoms with Crippen molar-refractivity contribution in [3.05, 3.63) is 0 Å². The van der Waals surface area contributed by atoms with Crippen LogP contribution in [0.25, 0.3) is 0 Å². The molecular formula is C16H30F3IN4O3S. The molecule has 2 heterocycles. The number of sulfonamides is 1. The van der Waals surface area contributed by atoms with Gasteiger partial charge in [0.2, 0.25) is 0 Å². The fraction of sp³-hybridized carbons (Fsp3) is 0.938. The van der Waals surface area contributed by atoms with Crippen molar-refractivity contribution in [3.63, 3.8) is 0 Å². The van der Waals surface area contributed by atoms with E-state index in [1.165, 1.54) is 0 Å². The Balaban J connectivity index is 0.00000392. The van der Waals surface area contributed by atoms with Crippen LogP contribution < -0.4 is 10.6 Å². The summed E-state index contributed by atoms with van der Waals surface area (Å²) in [5.41, 5.74) is -5.49. The maximum Gasteiger partial charge on any atom is 0.511 e. The third-order valence-corrected chi connectivity index (χ3v) is 6.61. The van der Waals surface area contributed by atoms with E-state index in [2.05, 4.69) is 15.6 Å². The maximum absolute atomic E-state index is 12.6. The zero-order valence-electron chi connectivity index (χ0n) is 16.2. The Hall–Kier alpha value is -0.340. The molecule has 0 aromatic carbocycles. The van der Waals surface area contributed by atoms with Crippen molar-refractivity contribution >= 4 is 40.0 Å². The standard InChI is InChI=1S/C16H29F3N4O3S.HI/c1-3-20-14(22-12-15(2)7-4-10-26-15)21-11-13-5-8-23(9-6-13)27(24,25)16(17,18)19;/h13H,3-12H2,1-2H3,(H2,20,21,22);1H. The number of hydrogen-bond donors (Lipinski definition) is 2. The van der Waals surface area contributed by atoms with Crippen molar-refractivity contribution in [2.24, 2.45) is 10.9 Å². The molecule has 0 aromatic rings. The normalized spacial score (nSPS) is 25.4. The molecule has 2 saturated heterocycles. The number of alkyl halides is 3. The minimum Gasteiger partial charge on any atom is -0.373 e. The summed E-state index contributed by atoms with van der Waals surface area (Å²) in [5.74, 6) is 0.728. The number of halogens is 4. The van der Waals surface area contributed by atoms with Gasteiger partial charge in [0, 0.05) is 32.8 Å². The molecule has 12 heteroatoms. The van der Waals surface area contributed by atoms with Crippen molar-refractivity contribution in [2.75, 3.05) is 39.3 Å². The Morgan fingerprint density at radius 1 is 1.29 bits per heavy atom. The van der Waals surface area contributed by atoms with E-state index in [0.717, 1.165) is 19.4 Å². The van der Waals surface area contributed by atoms with E-state index in [1.54, 1.807) is 0 Å². The molecule has 2 aliphatic rings. The lowest BCUT2D eigenvalue weighted by atomic mass is 9.98. The molecule has 2 rings (SSSR count). The average Bonchev–Trinajstić information content (AvgIpc) is 3.04. The second-order valence-electron chi connectivity index (χ2n) is 7.27. The minimum absolute atomic E-state index is 0. The molecule has 0 radical (unpaired) electrons. The highest BCUT2D eigenvalue weighted by Gasteiger charge is 2.50. The molecule has 0 saturated carbocycles. The van der Waals surface area contributed by atoms with Crippen LogP contribution in [0.4, 0.5) is 13.2 Å². The lowest BCUT2D eigenvalue weighted by Crippen LogP contribution is -2.47. The number of guanidine groups is 1. The first-order valence-corrected chi connectivity index (χ1v) is 10.7. The monoisotopic (exact) mass is 542 g/mol. The fourth-order valence-electron chi connectivity index (χ4n) is 3.29. The smallest absolute Gasteiger partial charge is 0.373 e. The van der Waals surface area contributed by atoms with Gasteiger partial charge >= 0.3 is 15.5 Å². The van der Waals surface area contributed by atoms with Gasteiger partial charge < -0.3 is 15.4 Å². The van der Waals surface area contributed by atoms with E-state index in [1.807, 2.05) is 13.8 Å². The number of nitrogens with one attached hydrogen (secondary N) is 2. The third kappa shape index (κ3) is 6.87. The molecule has 2 N–H and O–H groups in total. The molecule has 7 nitrogen and oxygen atoms in total. The number of nitrogens with zero attached hydrogens (tertiary/aromatic N) is 2. The van der Waals surface area contributed by atoms with Crippen molar-refractivity contribution in [3.8, 4) is 0 Å². The van der Waals surface area contributed by atoms with Crippen molar-refractivity contribution < 1.29 is 26.3 Å². The van der Waals surface area contributed by atoms with E-state index in [-0.39, 0.29) is 48.6 Å². The first-order valence-electron chi connectivity index (χ1n) is 9.30. The van der Waals surface area contributed by atoms with Gasteiger partial charge in [-0.05, 0) is 45.4 Å². The van der Waals surface area contributed by atoms with Gasteiger partial charge in [-0.3, -0.25) is 4.99 Å². The summed E-state index contributed by atoms with van der Waals surface area (Å²) in [6.07, 6.45) is 2.74. The summed E-state index contributed by atoms with van der Waals surface area (Å²) in [6.45, 7) is 6.24. The largest absolute Gasteiger partial charge is 0.511 e. The van der Waals surface area contributed by atoms with Crippen LogP contribution >= 0.6 is 24.0 Å². The molecule has 0 aliphatic carbocycles. The van der Waals surface area contributed by atoms with Crippen molar-refractivity contribution in [1.82, 2.24) is 14.9 Å². The number of rotatable bonds is 6. The highest BCUT2D eigenvalue weighted by Crippen LogP contribution is 2.30. The molecule has 2 aliphatic heterocycles. The van der Waals surface area contributed by atoms with Gasteiger partial charge in [-0.1, -0.05) is 0 Å². The Bertz CT molecular complexity index is 617. The molecule has 1 unspecified atom stereocenters. The van der Waals surface area contributed by atoms with Crippen molar-refractivity contribution in [2.45, 2.75) is 50.6 Å². The van der Waals surface area contributed by atoms with Crippen LogP contribution in [-0.2, 0) is 14.8 Å². The molecule has 1 atom stereocenters. The Morgan fingerprint density at radius 3 is 2.43 bits per heavy atom. The second kappa shape index (κ2) is 10.6. The van der Waals surface area contributed by atoms with Gasteiger partial charge in [0.1, 0.15) is 0 Å². The summed E-state index contributed by atoms with van der Waals surface area (Å²) >= 11 is 0. The molecule has 28 heavy (non-hydrogen) atoms. The topological polar surface area (TPSA) is 83.0 Å². The van der Waals surface area contributed by atoms with E-state index in [4.69, 9.17) is 4.74 Å². The molecule has 2 fully saturated rings. The quantitative estimate of drug-likeness (QED) is 0.306. The van der Waals surface area contributed by atoms with Gasteiger partial charge in [-0.25, -0.2) is 8.42 Å². The van der Waals surface area contributed by atoms with Gasteiger partial charge in [0.15, 0.2) is 5.96 Å². The zero-order valence-corrected chi connectivity index (χ0v) is 19.4. The lowest BCUT2D eigenvalue weighted by Gasteiger charge is -2.31. The summed E-state index contributed by atoms with van der Waals surface area (Å²) in [6, 6.07) is 0. The van der Waals surface area contributed by atoms with Crippen LogP contribution in [0, 0.1) is 5.92 Å². The van der Waals surface area contributed by atoms with Crippen LogP contribution in [0.1, 0.15) is 39.5 Å². The molecular weight excluding hydrogens is 512 g/mol. The summed E-state index contributed by atoms with van der Waals surface area (Å²) in [4.78, 5) is 4.55. The Kier molecular flexibility index (Phi) is 9.74. The van der Waals surface area contributed by atoms with E-state index < -0.39 is 15.5 Å². The lowest BCUT2D eigenvalue weighted by molar-refractivity contribution is -0.0496. The van der Waals surface area contributed by atoms with Crippen LogP contribution in [0.5, 0.6) is 0 Å². The summed E-state index contributed by atoms with van der Waals surface area (Å²) in [7, 11) is -5.22. The van der Waals surface area contributed by atoms with Crippen LogP contribution in [0.3, 0.4) is 0 Å². The SMILES string of the molecule is CCNC(=NCC1(C)CCCO1)NCC1CCN(S(=O)(=O)C(F)(F)F)CC1.I. The predicted octanol–water partition coefficient (Wildman–Crippen LogP) is 2.29. The Morgan fingerprint density at radius 2 is 1.93 bits per heavy atom. The zero-order chi connectivity index (χ0) is 20.1. The highest BCUT2D eigenvalue weighted by molar-refractivity contribution is 14.0. The summed E-state index contributed by atoms with van der Waals surface area (Å²) in [5, 5.41) is 6.35. The number of piperidine rings is 1. The predicted molar refractivity (Wildman–Crippen MR) is 112 cm³/mol. The van der Waals surface area contributed by atoms with Crippen LogP contribution in [0.15, 0.2) is 4.99 Å². The molecule has 0 aromatic heterocycles. The van der Waals surface area contributed by atoms with Gasteiger partial charge in [0.25, 0.3) is 0 Å². The van der Waals surface area contributed by atoms with Crippen LogP contribution in [-0.4, -0.2) is 69.1 Å². The van der Waals surface area contributed by atoms with E-state index in [9.17, 15) is 21.6 Å². The molecule has 0 spiro atoms. The number of hydrogen-bond acceptors (Lipinski definition) is 4. The van der Waals surface area contributed by atoms with Gasteiger partial charge in [-0.15, -0.1) is 24.0 Å². The number of aliphatic imine (C=N–C) groups is 1. The first-order chi connectivity index (χ1) is 12.6. The fourth-order valence-corrected chi connectivity index (χ4v) is 4.28. The first kappa shape index (κ1) is 25.7. The maximum atomic E-state index is 12.6. The van der Waals surface area contributed by atoms with Gasteiger partial charge in [-0.2, -0.15) is 17.5 Å². The Labute approximate surface area is 181 Å². The molecule has 0 bridgehead atoms. The van der Waals surface area contributed by atoms with Crippen LogP contribution in [0.2, 0.25) is 0 Å². The highest BCUT2D eigenvalue weighted by atomic mass is 127.